The molecule has 0 saturated carbocycles. The van der Waals surface area contributed by atoms with Crippen LogP contribution >= 0.6 is 11.8 Å². The van der Waals surface area contributed by atoms with E-state index in [1.807, 2.05) is 0 Å². The number of amides is 1. The van der Waals surface area contributed by atoms with E-state index >= 15 is 0 Å². The van der Waals surface area contributed by atoms with Gasteiger partial charge in [0.25, 0.3) is 5.24 Å². The van der Waals surface area contributed by atoms with Crippen LogP contribution in [0, 0.1) is 0 Å². The van der Waals surface area contributed by atoms with Crippen LogP contribution in [-0.2, 0) is 7.05 Å². The summed E-state index contributed by atoms with van der Waals surface area (Å²) in [7, 11) is 1.77. The van der Waals surface area contributed by atoms with Crippen LogP contribution < -0.4 is 10.1 Å². The van der Waals surface area contributed by atoms with Crippen molar-refractivity contribution in [2.24, 2.45) is 12.0 Å². The number of hydrogen-bond acceptors (Lipinski definition) is 5. The quantitative estimate of drug-likeness (QED) is 0.894. The Morgan fingerprint density at radius 1 is 1.32 bits per heavy atom. The number of amidine groups is 1. The molecule has 1 aromatic carbocycles. The summed E-state index contributed by atoms with van der Waals surface area (Å²) in [4.78, 5) is 16.5. The number of carbonyl (C=O) groups excluding carboxylic acids is 1. The summed E-state index contributed by atoms with van der Waals surface area (Å²) in [5.74, 6) is -0.0178. The molecule has 25 heavy (non-hydrogen) atoms. The average Bonchev–Trinajstić information content (AvgIpc) is 3.06. The Kier molecular flexibility index (Phi) is 4.53. The number of rotatable bonds is 3. The molecular formula is C15H11F3N4O2S. The zero-order chi connectivity index (χ0) is 18.0. The van der Waals surface area contributed by atoms with Crippen LogP contribution in [0.3, 0.4) is 0 Å². The second-order valence-corrected chi connectivity index (χ2v) is 5.99. The first-order valence-corrected chi connectivity index (χ1v) is 7.74. The molecule has 1 aliphatic heterocycles. The topological polar surface area (TPSA) is 68.5 Å². The van der Waals surface area contributed by atoms with Crippen molar-refractivity contribution < 1.29 is 22.7 Å². The first kappa shape index (κ1) is 17.1. The van der Waals surface area contributed by atoms with Crippen molar-refractivity contribution in [2.75, 3.05) is 0 Å². The molecule has 1 saturated heterocycles. The predicted octanol–water partition coefficient (Wildman–Crippen LogP) is 3.85. The maximum atomic E-state index is 12.2. The molecule has 1 N–H and O–H groups in total. The van der Waals surface area contributed by atoms with Gasteiger partial charge in [-0.2, -0.15) is 5.10 Å². The van der Waals surface area contributed by atoms with Crippen LogP contribution in [0.4, 0.5) is 23.7 Å². The molecule has 0 radical (unpaired) electrons. The van der Waals surface area contributed by atoms with Gasteiger partial charge in [-0.1, -0.05) is 0 Å². The first-order valence-electron chi connectivity index (χ1n) is 6.92. The molecule has 0 aliphatic carbocycles. The van der Waals surface area contributed by atoms with Gasteiger partial charge in [0.1, 0.15) is 11.6 Å². The fraction of sp³-hybridized carbons (Fsp3) is 0.133. The van der Waals surface area contributed by atoms with Crippen molar-refractivity contribution in [3.8, 4) is 5.75 Å². The molecule has 0 atom stereocenters. The number of aryl methyl sites for hydroxylation is 1. The fourth-order valence-corrected chi connectivity index (χ4v) is 2.77. The summed E-state index contributed by atoms with van der Waals surface area (Å²) >= 11 is 0.978. The van der Waals surface area contributed by atoms with Crippen molar-refractivity contribution >= 4 is 34.6 Å². The third-order valence-electron chi connectivity index (χ3n) is 2.99. The third kappa shape index (κ3) is 4.63. The average molecular weight is 368 g/mol. The number of nitrogens with zero attached hydrogens (tertiary/aromatic N) is 3. The number of aliphatic imine (C=N–C) groups is 1. The van der Waals surface area contributed by atoms with Crippen molar-refractivity contribution in [2.45, 2.75) is 6.36 Å². The second-order valence-electron chi connectivity index (χ2n) is 4.97. The molecule has 0 bridgehead atoms. The number of hydrogen-bond donors (Lipinski definition) is 1. The largest absolute Gasteiger partial charge is 0.573 e. The van der Waals surface area contributed by atoms with Gasteiger partial charge in [0.05, 0.1) is 16.8 Å². The molecule has 1 fully saturated rings. The lowest BCUT2D eigenvalue weighted by Gasteiger charge is -2.08. The smallest absolute Gasteiger partial charge is 0.406 e. The number of nitrogens with one attached hydrogen (secondary N) is 1. The first-order chi connectivity index (χ1) is 11.8. The van der Waals surface area contributed by atoms with Gasteiger partial charge in [-0.15, -0.1) is 13.2 Å². The normalized spacial score (nSPS) is 18.0. The molecule has 1 aromatic heterocycles. The van der Waals surface area contributed by atoms with Gasteiger partial charge in [0, 0.05) is 18.8 Å². The summed E-state index contributed by atoms with van der Waals surface area (Å²) in [6.45, 7) is 0. The summed E-state index contributed by atoms with van der Waals surface area (Å²) in [5, 5.41) is 6.35. The van der Waals surface area contributed by atoms with Gasteiger partial charge in [0.15, 0.2) is 0 Å². The monoisotopic (exact) mass is 368 g/mol. The number of benzene rings is 1. The van der Waals surface area contributed by atoms with E-state index in [0.717, 1.165) is 29.5 Å². The van der Waals surface area contributed by atoms with Gasteiger partial charge in [-0.25, -0.2) is 4.99 Å². The Hall–Kier alpha value is -2.75. The molecular weight excluding hydrogens is 357 g/mol. The predicted molar refractivity (Wildman–Crippen MR) is 87.5 cm³/mol. The van der Waals surface area contributed by atoms with Crippen LogP contribution in [0.1, 0.15) is 5.56 Å². The lowest BCUT2D eigenvalue weighted by molar-refractivity contribution is -0.274. The van der Waals surface area contributed by atoms with Gasteiger partial charge in [-0.3, -0.25) is 9.48 Å². The van der Waals surface area contributed by atoms with Gasteiger partial charge < -0.3 is 10.1 Å². The highest BCUT2D eigenvalue weighted by molar-refractivity contribution is 8.18. The molecule has 2 heterocycles. The maximum Gasteiger partial charge on any atom is 0.573 e. The fourth-order valence-electron chi connectivity index (χ4n) is 2.03. The minimum atomic E-state index is -4.75. The number of alkyl halides is 3. The van der Waals surface area contributed by atoms with Crippen molar-refractivity contribution in [3.63, 3.8) is 0 Å². The number of halogens is 3. The molecule has 130 valence electrons. The number of carbonyl (C=O) groups is 1. The molecule has 0 spiro atoms. The number of aromatic nitrogens is 2. The zero-order valence-electron chi connectivity index (χ0n) is 12.7. The third-order valence-corrected chi connectivity index (χ3v) is 3.81. The second kappa shape index (κ2) is 6.63. The highest BCUT2D eigenvalue weighted by Crippen LogP contribution is 2.29. The van der Waals surface area contributed by atoms with Crippen LogP contribution in [0.15, 0.2) is 46.6 Å². The molecule has 3 rings (SSSR count). The zero-order valence-corrected chi connectivity index (χ0v) is 13.6. The van der Waals surface area contributed by atoms with E-state index in [0.29, 0.717) is 16.4 Å². The Morgan fingerprint density at radius 2 is 2.04 bits per heavy atom. The van der Waals surface area contributed by atoms with Crippen molar-refractivity contribution in [1.82, 2.24) is 15.1 Å². The molecule has 2 aromatic rings. The SMILES string of the molecule is Cn1cc(/C=C2/SC(=O)NC2=Nc2ccc(OC(F)(F)F)cc2)cn1. The minimum Gasteiger partial charge on any atom is -0.406 e. The standard InChI is InChI=1S/C15H11F3N4O2S/c1-22-8-9(7-19-22)6-12-13(21-14(23)25-12)20-10-2-4-11(5-3-10)24-15(16,17)18/h2-8H,1H3,(H,20,21,23)/b12-6+. The van der Waals surface area contributed by atoms with E-state index < -0.39 is 6.36 Å². The highest BCUT2D eigenvalue weighted by atomic mass is 32.2. The van der Waals surface area contributed by atoms with E-state index in [1.54, 1.807) is 30.2 Å². The minimum absolute atomic E-state index is 0.286. The molecule has 0 unspecified atom stereocenters. The summed E-state index contributed by atoms with van der Waals surface area (Å²) in [6, 6.07) is 5.04. The van der Waals surface area contributed by atoms with E-state index in [4.69, 9.17) is 0 Å². The Bertz CT molecular complexity index is 856. The van der Waals surface area contributed by atoms with Crippen LogP contribution in [0.25, 0.3) is 6.08 Å². The summed E-state index contributed by atoms with van der Waals surface area (Å²) < 4.78 is 41.9. The number of ether oxygens (including phenoxy) is 1. The van der Waals surface area contributed by atoms with Gasteiger partial charge in [0.2, 0.25) is 0 Å². The molecule has 6 nitrogen and oxygen atoms in total. The van der Waals surface area contributed by atoms with Crippen molar-refractivity contribution in [1.29, 1.82) is 0 Å². The number of thioether (sulfide) groups is 1. The van der Waals surface area contributed by atoms with E-state index in [9.17, 15) is 18.0 Å². The van der Waals surface area contributed by atoms with Crippen LogP contribution in [-0.4, -0.2) is 27.2 Å². The lowest BCUT2D eigenvalue weighted by atomic mass is 10.3. The van der Waals surface area contributed by atoms with E-state index in [-0.39, 0.29) is 11.0 Å². The Labute approximate surface area is 144 Å². The summed E-state index contributed by atoms with van der Waals surface area (Å²) in [5.41, 5.74) is 1.17. The van der Waals surface area contributed by atoms with E-state index in [1.165, 1.54) is 12.1 Å². The van der Waals surface area contributed by atoms with Crippen LogP contribution in [0.2, 0.25) is 0 Å². The van der Waals surface area contributed by atoms with Gasteiger partial charge in [-0.05, 0) is 42.1 Å². The van der Waals surface area contributed by atoms with Gasteiger partial charge >= 0.3 is 6.36 Å². The summed E-state index contributed by atoms with van der Waals surface area (Å²) in [6.07, 6.45) is 0.410. The van der Waals surface area contributed by atoms with Crippen molar-refractivity contribution in [3.05, 3.63) is 47.1 Å². The molecule has 1 amide bonds. The lowest BCUT2D eigenvalue weighted by Crippen LogP contribution is -2.18. The maximum absolute atomic E-state index is 12.2. The molecule has 10 heteroatoms. The Morgan fingerprint density at radius 3 is 2.64 bits per heavy atom. The Balaban J connectivity index is 1.83. The van der Waals surface area contributed by atoms with Crippen LogP contribution in [0.5, 0.6) is 5.75 Å². The highest BCUT2D eigenvalue weighted by Gasteiger charge is 2.31. The molecule has 1 aliphatic rings. The van der Waals surface area contributed by atoms with E-state index in [2.05, 4.69) is 20.1 Å².